The summed E-state index contributed by atoms with van der Waals surface area (Å²) in [6.07, 6.45) is 0.404. The molecule has 1 aromatic rings. The zero-order valence-electron chi connectivity index (χ0n) is 13.1. The van der Waals surface area contributed by atoms with E-state index in [0.717, 1.165) is 0 Å². The highest BCUT2D eigenvalue weighted by Gasteiger charge is 2.21. The number of benzene rings is 1. The fourth-order valence-corrected chi connectivity index (χ4v) is 1.62. The van der Waals surface area contributed by atoms with Gasteiger partial charge in [-0.25, -0.2) is 0 Å². The summed E-state index contributed by atoms with van der Waals surface area (Å²) >= 11 is 0. The first kappa shape index (κ1) is 17.7. The Bertz CT molecular complexity index is 562. The number of carboxylic acid groups (broad SMARTS) is 1. The van der Waals surface area contributed by atoms with E-state index < -0.39 is 11.4 Å². The summed E-state index contributed by atoms with van der Waals surface area (Å²) in [7, 11) is 0. The lowest BCUT2D eigenvalue weighted by Gasteiger charge is -2.18. The van der Waals surface area contributed by atoms with E-state index in [0.29, 0.717) is 17.8 Å². The molecule has 0 radical (unpaired) electrons. The molecule has 0 saturated heterocycles. The fourth-order valence-electron chi connectivity index (χ4n) is 1.62. The van der Waals surface area contributed by atoms with E-state index in [1.54, 1.807) is 24.3 Å². The van der Waals surface area contributed by atoms with Crippen LogP contribution in [0.5, 0.6) is 0 Å². The maximum Gasteiger partial charge on any atom is 0.303 e. The van der Waals surface area contributed by atoms with Crippen LogP contribution in [0.15, 0.2) is 24.3 Å². The van der Waals surface area contributed by atoms with Crippen molar-refractivity contribution in [1.29, 1.82) is 0 Å². The molecule has 2 amide bonds. The Morgan fingerprint density at radius 2 is 1.64 bits per heavy atom. The van der Waals surface area contributed by atoms with E-state index in [1.165, 1.54) is 0 Å². The van der Waals surface area contributed by atoms with E-state index in [1.807, 2.05) is 20.8 Å². The van der Waals surface area contributed by atoms with Crippen LogP contribution < -0.4 is 10.6 Å². The molecule has 6 heteroatoms. The van der Waals surface area contributed by atoms with Crippen LogP contribution >= 0.6 is 0 Å². The van der Waals surface area contributed by atoms with Crippen LogP contribution in [-0.2, 0) is 14.4 Å². The molecule has 6 nitrogen and oxygen atoms in total. The molecule has 0 aromatic heterocycles. The van der Waals surface area contributed by atoms with Gasteiger partial charge in [0.2, 0.25) is 11.8 Å². The number of carbonyl (C=O) groups excluding carboxylic acids is 2. The number of anilines is 2. The maximum atomic E-state index is 11.9. The lowest BCUT2D eigenvalue weighted by atomic mass is 9.95. The summed E-state index contributed by atoms with van der Waals surface area (Å²) in [6.45, 7) is 5.45. The Hall–Kier alpha value is -2.37. The number of hydrogen-bond acceptors (Lipinski definition) is 3. The monoisotopic (exact) mass is 306 g/mol. The second-order valence-corrected chi connectivity index (χ2v) is 6.08. The largest absolute Gasteiger partial charge is 0.481 e. The molecular weight excluding hydrogens is 284 g/mol. The highest BCUT2D eigenvalue weighted by molar-refractivity contribution is 5.96. The first-order valence-corrected chi connectivity index (χ1v) is 7.11. The van der Waals surface area contributed by atoms with Gasteiger partial charge in [-0.3, -0.25) is 14.4 Å². The highest BCUT2D eigenvalue weighted by Crippen LogP contribution is 2.20. The van der Waals surface area contributed by atoms with Gasteiger partial charge in [0.1, 0.15) is 0 Å². The third kappa shape index (κ3) is 6.39. The van der Waals surface area contributed by atoms with Crippen LogP contribution in [-0.4, -0.2) is 22.9 Å². The van der Waals surface area contributed by atoms with Crippen molar-refractivity contribution in [2.45, 2.75) is 40.0 Å². The number of rotatable bonds is 6. The molecule has 0 aliphatic rings. The van der Waals surface area contributed by atoms with Crippen molar-refractivity contribution in [3.05, 3.63) is 24.3 Å². The summed E-state index contributed by atoms with van der Waals surface area (Å²) in [5.41, 5.74) is 0.658. The normalized spacial score (nSPS) is 10.9. The highest BCUT2D eigenvalue weighted by atomic mass is 16.4. The van der Waals surface area contributed by atoms with Gasteiger partial charge < -0.3 is 15.7 Å². The van der Waals surface area contributed by atoms with Crippen molar-refractivity contribution < 1.29 is 19.5 Å². The van der Waals surface area contributed by atoms with Gasteiger partial charge in [0.15, 0.2) is 0 Å². The van der Waals surface area contributed by atoms with E-state index in [9.17, 15) is 14.4 Å². The molecule has 0 unspecified atom stereocenters. The predicted octanol–water partition coefficient (Wildman–Crippen LogP) is 2.86. The molecular formula is C16H22N2O4. The van der Waals surface area contributed by atoms with Gasteiger partial charge in [-0.1, -0.05) is 26.8 Å². The van der Waals surface area contributed by atoms with Gasteiger partial charge in [-0.2, -0.15) is 0 Å². The molecule has 0 fully saturated rings. The molecule has 1 aromatic carbocycles. The van der Waals surface area contributed by atoms with Crippen LogP contribution in [0.2, 0.25) is 0 Å². The quantitative estimate of drug-likeness (QED) is 0.753. The minimum atomic E-state index is -0.917. The van der Waals surface area contributed by atoms with E-state index in [-0.39, 0.29) is 24.7 Å². The average Bonchev–Trinajstić information content (AvgIpc) is 2.37. The predicted molar refractivity (Wildman–Crippen MR) is 84.6 cm³/mol. The minimum Gasteiger partial charge on any atom is -0.481 e. The molecule has 0 bridgehead atoms. The van der Waals surface area contributed by atoms with Crippen LogP contribution in [0, 0.1) is 5.41 Å². The van der Waals surface area contributed by atoms with Crippen LogP contribution in [0.3, 0.4) is 0 Å². The van der Waals surface area contributed by atoms with Gasteiger partial charge in [-0.15, -0.1) is 0 Å². The molecule has 120 valence electrons. The standard InChI is InChI=1S/C16H22N2O4/c1-16(2,3)15(22)18-12-7-4-6-11(10-12)17-13(19)8-5-9-14(20)21/h4,6-7,10H,5,8-9H2,1-3H3,(H,17,19)(H,18,22)(H,20,21). The zero-order chi connectivity index (χ0) is 16.8. The number of amides is 2. The van der Waals surface area contributed by atoms with Crippen molar-refractivity contribution >= 4 is 29.2 Å². The van der Waals surface area contributed by atoms with Crippen LogP contribution in [0.25, 0.3) is 0 Å². The van der Waals surface area contributed by atoms with Crippen molar-refractivity contribution in [3.63, 3.8) is 0 Å². The lowest BCUT2D eigenvalue weighted by molar-refractivity contribution is -0.137. The first-order valence-electron chi connectivity index (χ1n) is 7.11. The minimum absolute atomic E-state index is 0.0326. The average molecular weight is 306 g/mol. The van der Waals surface area contributed by atoms with Crippen LogP contribution in [0.4, 0.5) is 11.4 Å². The Morgan fingerprint density at radius 3 is 2.18 bits per heavy atom. The Morgan fingerprint density at radius 1 is 1.05 bits per heavy atom. The third-order valence-electron chi connectivity index (χ3n) is 2.88. The van der Waals surface area contributed by atoms with Crippen molar-refractivity contribution in [2.24, 2.45) is 5.41 Å². The second kappa shape index (κ2) is 7.59. The van der Waals surface area contributed by atoms with Crippen molar-refractivity contribution in [3.8, 4) is 0 Å². The van der Waals surface area contributed by atoms with E-state index >= 15 is 0 Å². The molecule has 22 heavy (non-hydrogen) atoms. The van der Waals surface area contributed by atoms with Crippen LogP contribution in [0.1, 0.15) is 40.0 Å². The molecule has 0 heterocycles. The van der Waals surface area contributed by atoms with E-state index in [2.05, 4.69) is 10.6 Å². The summed E-state index contributed by atoms with van der Waals surface area (Å²) in [5, 5.41) is 14.0. The smallest absolute Gasteiger partial charge is 0.303 e. The SMILES string of the molecule is CC(C)(C)C(=O)Nc1cccc(NC(=O)CCCC(=O)O)c1. The molecule has 1 rings (SSSR count). The summed E-state index contributed by atoms with van der Waals surface area (Å²) in [5.74, 6) is -1.28. The molecule has 0 saturated carbocycles. The molecule has 3 N–H and O–H groups in total. The summed E-state index contributed by atoms with van der Waals surface area (Å²) < 4.78 is 0. The number of carboxylic acids is 1. The van der Waals surface area contributed by atoms with Gasteiger partial charge in [0, 0.05) is 29.6 Å². The Balaban J connectivity index is 2.59. The molecule has 0 aliphatic heterocycles. The second-order valence-electron chi connectivity index (χ2n) is 6.08. The number of nitrogens with one attached hydrogen (secondary N) is 2. The third-order valence-corrected chi connectivity index (χ3v) is 2.88. The van der Waals surface area contributed by atoms with Gasteiger partial charge >= 0.3 is 5.97 Å². The maximum absolute atomic E-state index is 11.9. The zero-order valence-corrected chi connectivity index (χ0v) is 13.1. The summed E-state index contributed by atoms with van der Waals surface area (Å²) in [6, 6.07) is 6.84. The Kier molecular flexibility index (Phi) is 6.10. The van der Waals surface area contributed by atoms with Crippen molar-refractivity contribution in [2.75, 3.05) is 10.6 Å². The van der Waals surface area contributed by atoms with E-state index in [4.69, 9.17) is 5.11 Å². The number of carbonyl (C=O) groups is 3. The van der Waals surface area contributed by atoms with Gasteiger partial charge in [-0.05, 0) is 24.6 Å². The molecule has 0 spiro atoms. The summed E-state index contributed by atoms with van der Waals surface area (Å²) in [4.78, 5) is 34.0. The number of aliphatic carboxylic acids is 1. The molecule has 0 aliphatic carbocycles. The Labute approximate surface area is 129 Å². The lowest BCUT2D eigenvalue weighted by Crippen LogP contribution is -2.27. The fraction of sp³-hybridized carbons (Fsp3) is 0.438. The topological polar surface area (TPSA) is 95.5 Å². The van der Waals surface area contributed by atoms with Crippen molar-refractivity contribution in [1.82, 2.24) is 0 Å². The van der Waals surface area contributed by atoms with Gasteiger partial charge in [0.25, 0.3) is 0 Å². The first-order chi connectivity index (χ1) is 10.2. The molecule has 0 atom stereocenters. The van der Waals surface area contributed by atoms with Gasteiger partial charge in [0.05, 0.1) is 0 Å². The number of hydrogen-bond donors (Lipinski definition) is 3.